The van der Waals surface area contributed by atoms with Crippen molar-refractivity contribution in [3.63, 3.8) is 0 Å². The van der Waals surface area contributed by atoms with Gasteiger partial charge in [0.2, 0.25) is 0 Å². The van der Waals surface area contributed by atoms with Crippen LogP contribution in [0.4, 0.5) is 10.5 Å². The number of carbonyl (C=O) groups excluding carboxylic acids is 1. The first-order valence-corrected chi connectivity index (χ1v) is 10.6. The van der Waals surface area contributed by atoms with Crippen molar-refractivity contribution >= 4 is 26.4 Å². The molecule has 8 heteroatoms. The maximum atomic E-state index is 12.9. The Balaban J connectivity index is 1.95. The molecule has 2 aromatic rings. The molecule has 1 heterocycles. The molecule has 2 unspecified atom stereocenters. The molecule has 1 aliphatic heterocycles. The summed E-state index contributed by atoms with van der Waals surface area (Å²) in [4.78, 5) is 24.6. The van der Waals surface area contributed by atoms with Gasteiger partial charge in [0.05, 0.1) is 0 Å². The van der Waals surface area contributed by atoms with Gasteiger partial charge in [-0.1, -0.05) is 0 Å². The van der Waals surface area contributed by atoms with Crippen molar-refractivity contribution in [2.45, 2.75) is 16.6 Å². The van der Waals surface area contributed by atoms with E-state index < -0.39 is 41.5 Å². The quantitative estimate of drug-likeness (QED) is 0.359. The number of para-hydroxylation sites is 1. The summed E-state index contributed by atoms with van der Waals surface area (Å²) in [5.41, 5.74) is 1.30. The van der Waals surface area contributed by atoms with Crippen molar-refractivity contribution in [2.75, 3.05) is 10.2 Å². The van der Waals surface area contributed by atoms with Crippen LogP contribution in [0.2, 0.25) is 0 Å². The molecule has 0 bridgehead atoms. The summed E-state index contributed by atoms with van der Waals surface area (Å²) in [6.45, 7) is 0. The Hall–Kier alpha value is -1.94. The van der Waals surface area contributed by atoms with Gasteiger partial charge in [0.25, 0.3) is 0 Å². The van der Waals surface area contributed by atoms with E-state index >= 15 is 0 Å². The number of ether oxygens (including phenoxy) is 1. The number of fused-ring (bicyclic) bond motifs is 1. The van der Waals surface area contributed by atoms with Crippen LogP contribution >= 0.6 is 0 Å². The monoisotopic (exact) mass is 472 g/mol. The van der Waals surface area contributed by atoms with Crippen molar-refractivity contribution in [2.24, 2.45) is 0 Å². The van der Waals surface area contributed by atoms with Crippen LogP contribution in [0.3, 0.4) is 0 Å². The fourth-order valence-electron chi connectivity index (χ4n) is 2.58. The van der Waals surface area contributed by atoms with Crippen molar-refractivity contribution < 1.29 is 45.1 Å². The van der Waals surface area contributed by atoms with Crippen LogP contribution in [-0.2, 0) is 22.0 Å². The van der Waals surface area contributed by atoms with Crippen LogP contribution in [0.25, 0.3) is 0 Å². The summed E-state index contributed by atoms with van der Waals surface area (Å²) in [5, 5.41) is 8.38. The molecule has 0 radical (unpaired) electrons. The molecule has 1 N–H and O–H groups in total. The zero-order valence-electron chi connectivity index (χ0n) is 13.2. The second-order valence-electron chi connectivity index (χ2n) is 5.26. The number of halogens is 1. The summed E-state index contributed by atoms with van der Waals surface area (Å²) in [5.74, 6) is 0.312. The Bertz CT molecular complexity index is 839. The van der Waals surface area contributed by atoms with Gasteiger partial charge in [-0.15, -0.1) is 0 Å². The fourth-order valence-corrected chi connectivity index (χ4v) is 6.11. The van der Waals surface area contributed by atoms with E-state index in [1.54, 1.807) is 43.5 Å². The predicted octanol–water partition coefficient (Wildman–Crippen LogP) is -0.557. The van der Waals surface area contributed by atoms with Crippen LogP contribution in [0.1, 0.15) is 5.56 Å². The fraction of sp³-hybridized carbons (Fsp3) is 0.176. The molecule has 2 atom stereocenters. The van der Waals surface area contributed by atoms with Gasteiger partial charge in [-0.2, -0.15) is 0 Å². The Morgan fingerprint density at radius 1 is 1.24 bits per heavy atom. The number of carboxylic acid groups (broad SMARTS) is 1. The van der Waals surface area contributed by atoms with Crippen molar-refractivity contribution in [3.8, 4) is 5.75 Å². The van der Waals surface area contributed by atoms with E-state index in [1.807, 2.05) is 12.1 Å². The van der Waals surface area contributed by atoms with Crippen LogP contribution in [-0.4, -0.2) is 31.6 Å². The Kier molecular flexibility index (Phi) is 5.38. The van der Waals surface area contributed by atoms with Crippen LogP contribution in [0.5, 0.6) is 5.75 Å². The number of anilines is 1. The minimum absolute atomic E-state index is 0.281. The standard InChI is InChI=1S/C17H15INO5S/c1-24-12-8-6-11(7-9-12)10-15-16(20)19(18-17(21)22)13-4-2-3-5-14(13)25(15)23/h2-9,15H,10H2,1H3,(H,21,22)/q-1. The Labute approximate surface area is 157 Å². The van der Waals surface area contributed by atoms with Crippen LogP contribution in [0, 0.1) is 0 Å². The summed E-state index contributed by atoms with van der Waals surface area (Å²) >= 11 is -1.57. The van der Waals surface area contributed by atoms with Crippen molar-refractivity contribution in [1.82, 2.24) is 0 Å². The van der Waals surface area contributed by atoms with Gasteiger partial charge in [0.15, 0.2) is 0 Å². The molecule has 0 aliphatic carbocycles. The SMILES string of the molecule is COc1ccc(CC2C(=O)N([I-]C(=O)O)c3ccccc3S2=O)cc1. The first-order chi connectivity index (χ1) is 12.0. The van der Waals surface area contributed by atoms with Gasteiger partial charge < -0.3 is 0 Å². The van der Waals surface area contributed by atoms with Gasteiger partial charge >= 0.3 is 158 Å². The topological polar surface area (TPSA) is 83.9 Å². The number of carbonyl (C=O) groups is 2. The van der Waals surface area contributed by atoms with Gasteiger partial charge in [0.1, 0.15) is 0 Å². The molecule has 0 saturated heterocycles. The van der Waals surface area contributed by atoms with Crippen molar-refractivity contribution in [3.05, 3.63) is 54.1 Å². The number of methoxy groups -OCH3 is 1. The molecule has 3 rings (SSSR count). The summed E-state index contributed by atoms with van der Waals surface area (Å²) < 4.78 is 18.3. The summed E-state index contributed by atoms with van der Waals surface area (Å²) in [7, 11) is 0.0446. The third-order valence-corrected chi connectivity index (χ3v) is 7.31. The minimum atomic E-state index is -1.57. The Morgan fingerprint density at radius 2 is 1.92 bits per heavy atom. The van der Waals surface area contributed by atoms with Gasteiger partial charge in [-0.05, 0) is 0 Å². The Morgan fingerprint density at radius 3 is 2.56 bits per heavy atom. The maximum absolute atomic E-state index is 12.9. The number of nitrogens with zero attached hydrogens (tertiary/aromatic N) is 1. The third kappa shape index (κ3) is 3.69. The van der Waals surface area contributed by atoms with Gasteiger partial charge in [0, 0.05) is 0 Å². The average molecular weight is 472 g/mol. The van der Waals surface area contributed by atoms with E-state index in [4.69, 9.17) is 4.74 Å². The number of rotatable bonds is 5. The van der Waals surface area contributed by atoms with Crippen LogP contribution < -0.4 is 29.3 Å². The summed E-state index contributed by atoms with van der Waals surface area (Å²) in [6, 6.07) is 14.0. The normalized spacial score (nSPS) is 19.6. The third-order valence-electron chi connectivity index (χ3n) is 3.76. The number of hydrogen-bond acceptors (Lipinski definition) is 4. The first kappa shape index (κ1) is 17.9. The van der Waals surface area contributed by atoms with Crippen LogP contribution in [0.15, 0.2) is 53.4 Å². The average Bonchev–Trinajstić information content (AvgIpc) is 2.62. The summed E-state index contributed by atoms with van der Waals surface area (Å²) in [6.07, 6.45) is 0.281. The molecule has 25 heavy (non-hydrogen) atoms. The molecule has 0 spiro atoms. The number of hydrogen-bond donors (Lipinski definition) is 1. The number of benzene rings is 2. The molecule has 132 valence electrons. The second kappa shape index (κ2) is 7.52. The van der Waals surface area contributed by atoms with Gasteiger partial charge in [-0.25, -0.2) is 0 Å². The molecule has 2 aromatic carbocycles. The van der Waals surface area contributed by atoms with Gasteiger partial charge in [-0.3, -0.25) is 0 Å². The molecule has 0 aromatic heterocycles. The van der Waals surface area contributed by atoms with E-state index in [2.05, 4.69) is 0 Å². The van der Waals surface area contributed by atoms with E-state index in [1.165, 1.54) is 3.11 Å². The molecule has 0 fully saturated rings. The second-order valence-corrected chi connectivity index (χ2v) is 9.24. The van der Waals surface area contributed by atoms with Crippen molar-refractivity contribution in [1.29, 1.82) is 0 Å². The number of amides is 1. The molecule has 0 saturated carbocycles. The molecule has 1 amide bonds. The predicted molar refractivity (Wildman–Crippen MR) is 88.8 cm³/mol. The molecule has 6 nitrogen and oxygen atoms in total. The zero-order chi connectivity index (χ0) is 18.0. The van der Waals surface area contributed by atoms with E-state index in [-0.39, 0.29) is 12.3 Å². The first-order valence-electron chi connectivity index (χ1n) is 7.36. The molecule has 1 aliphatic rings. The van der Waals surface area contributed by atoms with E-state index in [0.29, 0.717) is 16.3 Å². The van der Waals surface area contributed by atoms with E-state index in [9.17, 15) is 18.9 Å². The molecular formula is C17H15INO5S-. The zero-order valence-corrected chi connectivity index (χ0v) is 16.2. The molecular weight excluding hydrogens is 457 g/mol. The van der Waals surface area contributed by atoms with E-state index in [0.717, 1.165) is 5.56 Å².